The van der Waals surface area contributed by atoms with Gasteiger partial charge in [0.05, 0.1) is 12.5 Å². The van der Waals surface area contributed by atoms with Crippen LogP contribution in [-0.4, -0.2) is 94.5 Å². The smallest absolute Gasteiger partial charge is 0.326 e. The molecule has 0 aliphatic carbocycles. The lowest BCUT2D eigenvalue weighted by Gasteiger charge is -2.24. The molecule has 0 aliphatic rings. The lowest BCUT2D eigenvalue weighted by atomic mass is 10.1. The number of hydrogen-bond donors (Lipinski definition) is 9. The number of guanidine groups is 1. The minimum absolute atomic E-state index is 0.0812. The zero-order valence-electron chi connectivity index (χ0n) is 20.5. The number of amides is 4. The van der Waals surface area contributed by atoms with Crippen LogP contribution in [0.3, 0.4) is 0 Å². The lowest BCUT2D eigenvalue weighted by Crippen LogP contribution is -2.57. The largest absolute Gasteiger partial charge is 0.481 e. The predicted octanol–water partition coefficient (Wildman–Crippen LogP) is -3.60. The third kappa shape index (κ3) is 15.2. The van der Waals surface area contributed by atoms with E-state index in [4.69, 9.17) is 28.0 Å². The van der Waals surface area contributed by atoms with Crippen molar-refractivity contribution in [3.63, 3.8) is 0 Å². The highest BCUT2D eigenvalue weighted by molar-refractivity contribution is 7.98. The summed E-state index contributed by atoms with van der Waals surface area (Å²) in [5.74, 6) is -5.99. The first-order valence-electron chi connectivity index (χ1n) is 11.2. The van der Waals surface area contributed by atoms with Gasteiger partial charge in [-0.2, -0.15) is 11.8 Å². The first kappa shape index (κ1) is 33.4. The highest BCUT2D eigenvalue weighted by Gasteiger charge is 2.31. The summed E-state index contributed by atoms with van der Waals surface area (Å²) in [4.78, 5) is 75.8. The quantitative estimate of drug-likeness (QED) is 0.0429. The monoisotopic (exact) mass is 548 g/mol. The molecule has 16 nitrogen and oxygen atoms in total. The number of carbonyl (C=O) groups is 6. The standard InChI is InChI=1S/C20H36N8O8S/c1-37-8-6-12(19(35)36)27-18(34)13(9-14(22)29)28-17(33)11(4-5-15(30)31)26-16(32)10(21)3-2-7-25-20(23)24/h10-13H,2-9,21H2,1H3,(H2,22,29)(H,26,32)(H,27,34)(H,28,33)(H,30,31)(H,35,36)(H4,23,24,25). The van der Waals surface area contributed by atoms with Crippen LogP contribution >= 0.6 is 11.8 Å². The van der Waals surface area contributed by atoms with E-state index in [0.717, 1.165) is 0 Å². The van der Waals surface area contributed by atoms with Crippen LogP contribution in [0.15, 0.2) is 4.99 Å². The van der Waals surface area contributed by atoms with Crippen molar-refractivity contribution in [1.29, 1.82) is 0 Å². The third-order valence-electron chi connectivity index (χ3n) is 4.85. The van der Waals surface area contributed by atoms with Crippen molar-refractivity contribution in [2.45, 2.75) is 62.7 Å². The number of carboxylic acids is 2. The van der Waals surface area contributed by atoms with Crippen molar-refractivity contribution >= 4 is 53.3 Å². The van der Waals surface area contributed by atoms with Crippen molar-refractivity contribution in [3.8, 4) is 0 Å². The van der Waals surface area contributed by atoms with Gasteiger partial charge in [-0.15, -0.1) is 0 Å². The fourth-order valence-corrected chi connectivity index (χ4v) is 3.39. The molecule has 0 bridgehead atoms. The maximum atomic E-state index is 12.9. The summed E-state index contributed by atoms with van der Waals surface area (Å²) in [6, 6.07) is -5.36. The molecule has 0 saturated carbocycles. The van der Waals surface area contributed by atoms with E-state index in [1.807, 2.05) is 0 Å². The maximum Gasteiger partial charge on any atom is 0.326 e. The first-order valence-corrected chi connectivity index (χ1v) is 12.6. The predicted molar refractivity (Wildman–Crippen MR) is 135 cm³/mol. The van der Waals surface area contributed by atoms with Crippen LogP contribution in [0.1, 0.15) is 38.5 Å². The number of aliphatic imine (C=N–C) groups is 1. The van der Waals surface area contributed by atoms with Crippen LogP contribution in [0, 0.1) is 0 Å². The van der Waals surface area contributed by atoms with Gasteiger partial charge in [-0.1, -0.05) is 0 Å². The number of thioether (sulfide) groups is 1. The van der Waals surface area contributed by atoms with Crippen LogP contribution < -0.4 is 38.9 Å². The van der Waals surface area contributed by atoms with Crippen LogP contribution in [-0.2, 0) is 28.8 Å². The van der Waals surface area contributed by atoms with E-state index < -0.39 is 72.6 Å². The molecular formula is C20H36N8O8S. The Balaban J connectivity index is 5.47. The van der Waals surface area contributed by atoms with E-state index in [-0.39, 0.29) is 31.8 Å². The van der Waals surface area contributed by atoms with Gasteiger partial charge in [-0.05, 0) is 37.7 Å². The molecule has 0 saturated heterocycles. The third-order valence-corrected chi connectivity index (χ3v) is 5.49. The van der Waals surface area contributed by atoms with Gasteiger partial charge in [0.1, 0.15) is 18.1 Å². The van der Waals surface area contributed by atoms with E-state index in [1.165, 1.54) is 11.8 Å². The summed E-state index contributed by atoms with van der Waals surface area (Å²) in [6.45, 7) is 0.213. The Morgan fingerprint density at radius 1 is 0.838 bits per heavy atom. The number of hydrogen-bond acceptors (Lipinski definition) is 9. The molecule has 0 aromatic carbocycles. The molecule has 4 unspecified atom stereocenters. The number of carbonyl (C=O) groups excluding carboxylic acids is 4. The number of carboxylic acid groups (broad SMARTS) is 2. The molecule has 0 rings (SSSR count). The molecule has 210 valence electrons. The SMILES string of the molecule is CSCCC(NC(=O)C(CC(N)=O)NC(=O)C(CCC(=O)O)NC(=O)C(N)CCCN=C(N)N)C(=O)O. The normalized spacial score (nSPS) is 13.8. The van der Waals surface area contributed by atoms with Crippen molar-refractivity contribution < 1.29 is 39.0 Å². The number of aliphatic carboxylic acids is 2. The molecule has 13 N–H and O–H groups in total. The topological polar surface area (TPSA) is 295 Å². The van der Waals surface area contributed by atoms with Gasteiger partial charge in [0.2, 0.25) is 23.6 Å². The van der Waals surface area contributed by atoms with Crippen molar-refractivity contribution in [2.75, 3.05) is 18.6 Å². The number of rotatable bonds is 19. The molecule has 0 radical (unpaired) electrons. The zero-order valence-corrected chi connectivity index (χ0v) is 21.3. The molecule has 0 aliphatic heterocycles. The van der Waals surface area contributed by atoms with Crippen molar-refractivity contribution in [3.05, 3.63) is 0 Å². The summed E-state index contributed by atoms with van der Waals surface area (Å²) in [5.41, 5.74) is 21.4. The fourth-order valence-electron chi connectivity index (χ4n) is 2.91. The van der Waals surface area contributed by atoms with Crippen LogP contribution in [0.4, 0.5) is 0 Å². The maximum absolute atomic E-state index is 12.9. The van der Waals surface area contributed by atoms with Gasteiger partial charge in [-0.25, -0.2) is 4.79 Å². The Kier molecular flexibility index (Phi) is 16.0. The summed E-state index contributed by atoms with van der Waals surface area (Å²) >= 11 is 1.36. The molecule has 37 heavy (non-hydrogen) atoms. The Labute approximate surface area is 217 Å². The minimum Gasteiger partial charge on any atom is -0.481 e. The second-order valence-corrected chi connectivity index (χ2v) is 8.95. The van der Waals surface area contributed by atoms with Crippen molar-refractivity contribution in [1.82, 2.24) is 16.0 Å². The molecule has 17 heteroatoms. The van der Waals surface area contributed by atoms with Gasteiger partial charge in [0.15, 0.2) is 5.96 Å². The number of nitrogens with zero attached hydrogens (tertiary/aromatic N) is 1. The molecule has 0 spiro atoms. The first-order chi connectivity index (χ1) is 17.3. The Hall–Kier alpha value is -3.60. The van der Waals surface area contributed by atoms with E-state index in [0.29, 0.717) is 12.2 Å². The van der Waals surface area contributed by atoms with Gasteiger partial charge in [0.25, 0.3) is 0 Å². The lowest BCUT2D eigenvalue weighted by molar-refractivity contribution is -0.142. The molecule has 4 atom stereocenters. The summed E-state index contributed by atoms with van der Waals surface area (Å²) in [6.07, 6.45) is 0.785. The van der Waals surface area contributed by atoms with E-state index in [9.17, 15) is 33.9 Å². The van der Waals surface area contributed by atoms with Gasteiger partial charge in [-0.3, -0.25) is 29.0 Å². The summed E-state index contributed by atoms with van der Waals surface area (Å²) in [7, 11) is 0. The summed E-state index contributed by atoms with van der Waals surface area (Å²) in [5, 5.41) is 25.1. The average molecular weight is 549 g/mol. The molecule has 4 amide bonds. The Morgan fingerprint density at radius 3 is 1.92 bits per heavy atom. The summed E-state index contributed by atoms with van der Waals surface area (Å²) < 4.78 is 0. The second kappa shape index (κ2) is 17.8. The van der Waals surface area contributed by atoms with Crippen LogP contribution in [0.5, 0.6) is 0 Å². The van der Waals surface area contributed by atoms with Gasteiger partial charge >= 0.3 is 11.9 Å². The minimum atomic E-state index is -1.57. The highest BCUT2D eigenvalue weighted by atomic mass is 32.2. The number of nitrogens with two attached hydrogens (primary N) is 4. The van der Waals surface area contributed by atoms with Crippen LogP contribution in [0.2, 0.25) is 0 Å². The Bertz CT molecular complexity index is 852. The van der Waals surface area contributed by atoms with Gasteiger partial charge in [0, 0.05) is 13.0 Å². The highest BCUT2D eigenvalue weighted by Crippen LogP contribution is 2.05. The molecular weight excluding hydrogens is 512 g/mol. The molecule has 0 aromatic heterocycles. The van der Waals surface area contributed by atoms with E-state index in [1.54, 1.807) is 6.26 Å². The van der Waals surface area contributed by atoms with E-state index >= 15 is 0 Å². The second-order valence-electron chi connectivity index (χ2n) is 7.96. The number of nitrogens with one attached hydrogen (secondary N) is 3. The average Bonchev–Trinajstić information content (AvgIpc) is 2.80. The van der Waals surface area contributed by atoms with Crippen LogP contribution in [0.25, 0.3) is 0 Å². The zero-order chi connectivity index (χ0) is 28.5. The fraction of sp³-hybridized carbons (Fsp3) is 0.650. The number of primary amides is 1. The molecule has 0 fully saturated rings. The Morgan fingerprint density at radius 2 is 1.41 bits per heavy atom. The van der Waals surface area contributed by atoms with E-state index in [2.05, 4.69) is 20.9 Å². The molecule has 0 aromatic rings. The van der Waals surface area contributed by atoms with Gasteiger partial charge < -0.3 is 49.1 Å². The molecule has 0 heterocycles. The van der Waals surface area contributed by atoms with Crippen molar-refractivity contribution in [2.24, 2.45) is 27.9 Å².